The molecule has 0 spiro atoms. The molecule has 4 heteroatoms. The van der Waals surface area contributed by atoms with Gasteiger partial charge in [-0.25, -0.2) is 0 Å². The second kappa shape index (κ2) is 10.8. The summed E-state index contributed by atoms with van der Waals surface area (Å²) in [6.45, 7) is 7.50. The van der Waals surface area contributed by atoms with Crippen LogP contribution in [0.25, 0.3) is 0 Å². The van der Waals surface area contributed by atoms with E-state index in [-0.39, 0.29) is 12.7 Å². The first kappa shape index (κ1) is 22.6. The number of hydrogen-bond donors (Lipinski definition) is 1. The second-order valence-corrected chi connectivity index (χ2v) is 8.87. The van der Waals surface area contributed by atoms with Gasteiger partial charge in [0.2, 0.25) is 0 Å². The van der Waals surface area contributed by atoms with E-state index in [0.717, 1.165) is 12.0 Å². The summed E-state index contributed by atoms with van der Waals surface area (Å²) in [5.41, 5.74) is 1.77. The van der Waals surface area contributed by atoms with E-state index in [1.807, 2.05) is 48.5 Å². The highest BCUT2D eigenvalue weighted by molar-refractivity contribution is 5.47. The monoisotopic (exact) mass is 412 g/mol. The lowest BCUT2D eigenvalue weighted by molar-refractivity contribution is -0.0701. The van der Waals surface area contributed by atoms with Crippen molar-refractivity contribution in [2.24, 2.45) is 17.8 Å². The summed E-state index contributed by atoms with van der Waals surface area (Å²) in [6.07, 6.45) is 2.95. The Morgan fingerprint density at radius 1 is 1.03 bits per heavy atom. The first-order chi connectivity index (χ1) is 14.5. The van der Waals surface area contributed by atoms with Crippen molar-refractivity contribution in [3.63, 3.8) is 0 Å². The molecule has 1 N–H and O–H groups in total. The van der Waals surface area contributed by atoms with Crippen LogP contribution in [0.15, 0.2) is 48.5 Å². The average Bonchev–Trinajstić information content (AvgIpc) is 2.76. The van der Waals surface area contributed by atoms with Crippen LogP contribution < -0.4 is 9.47 Å². The summed E-state index contributed by atoms with van der Waals surface area (Å²) < 4.78 is 17.9. The van der Waals surface area contributed by atoms with Crippen LogP contribution in [0.4, 0.5) is 0 Å². The van der Waals surface area contributed by atoms with E-state index >= 15 is 0 Å². The maximum absolute atomic E-state index is 11.0. The van der Waals surface area contributed by atoms with Gasteiger partial charge in [-0.2, -0.15) is 0 Å². The Kier molecular flexibility index (Phi) is 8.17. The van der Waals surface area contributed by atoms with Gasteiger partial charge in [-0.15, -0.1) is 0 Å². The maximum atomic E-state index is 11.0. The summed E-state index contributed by atoms with van der Waals surface area (Å²) in [5, 5.41) is 11.0. The third kappa shape index (κ3) is 5.77. The van der Waals surface area contributed by atoms with Crippen molar-refractivity contribution in [2.75, 3.05) is 13.7 Å². The van der Waals surface area contributed by atoms with E-state index in [1.165, 1.54) is 12.8 Å². The highest BCUT2D eigenvalue weighted by Crippen LogP contribution is 2.38. The molecule has 1 unspecified atom stereocenters. The molecule has 1 fully saturated rings. The number of methoxy groups -OCH3 is 1. The Morgan fingerprint density at radius 2 is 1.80 bits per heavy atom. The Labute approximate surface area is 181 Å². The van der Waals surface area contributed by atoms with Crippen LogP contribution in [-0.4, -0.2) is 24.9 Å². The van der Waals surface area contributed by atoms with Crippen LogP contribution in [0, 0.1) is 17.8 Å². The molecule has 2 aromatic carbocycles. The van der Waals surface area contributed by atoms with Crippen LogP contribution in [0.1, 0.15) is 57.3 Å². The summed E-state index contributed by atoms with van der Waals surface area (Å²) in [7, 11) is 1.62. The molecule has 4 atom stereocenters. The Bertz CT molecular complexity index is 774. The number of benzene rings is 2. The number of para-hydroxylation sites is 1. The van der Waals surface area contributed by atoms with E-state index in [1.54, 1.807) is 7.11 Å². The highest BCUT2D eigenvalue weighted by Gasteiger charge is 2.32. The predicted molar refractivity (Wildman–Crippen MR) is 120 cm³/mol. The number of ether oxygens (including phenoxy) is 3. The zero-order valence-electron chi connectivity index (χ0n) is 18.7. The maximum Gasteiger partial charge on any atom is 0.167 e. The third-order valence-electron chi connectivity index (χ3n) is 6.24. The van der Waals surface area contributed by atoms with E-state index in [2.05, 4.69) is 20.8 Å². The van der Waals surface area contributed by atoms with E-state index in [4.69, 9.17) is 14.2 Å². The molecular formula is C26H36O4. The molecular weight excluding hydrogens is 376 g/mol. The minimum atomic E-state index is -0.768. The van der Waals surface area contributed by atoms with Gasteiger partial charge >= 0.3 is 0 Å². The van der Waals surface area contributed by atoms with Crippen LogP contribution in [0.5, 0.6) is 11.5 Å². The first-order valence-corrected chi connectivity index (χ1v) is 11.1. The molecule has 0 aromatic heterocycles. The minimum absolute atomic E-state index is 0.197. The van der Waals surface area contributed by atoms with Crippen molar-refractivity contribution in [3.05, 3.63) is 59.7 Å². The molecule has 164 valence electrons. The second-order valence-electron chi connectivity index (χ2n) is 8.87. The third-order valence-corrected chi connectivity index (χ3v) is 6.24. The Morgan fingerprint density at radius 3 is 2.50 bits per heavy atom. The topological polar surface area (TPSA) is 47.9 Å². The standard InChI is InChI=1S/C26H36O4/c1-18(2)21-14-13-19(3)15-25(21)29-17-23(27)22-11-8-12-24(28-4)26(22)30-16-20-9-6-5-7-10-20/h5-12,18-19,21,23,25,27H,13-17H2,1-4H3/t19-,21+,23?,25-/m1/s1. The molecule has 0 radical (unpaired) electrons. The number of hydrogen-bond acceptors (Lipinski definition) is 4. The van der Waals surface area contributed by atoms with Crippen molar-refractivity contribution in [2.45, 2.75) is 58.8 Å². The number of aliphatic hydroxyl groups excluding tert-OH is 1. The van der Waals surface area contributed by atoms with Crippen molar-refractivity contribution in [1.82, 2.24) is 0 Å². The lowest BCUT2D eigenvalue weighted by atomic mass is 9.75. The zero-order chi connectivity index (χ0) is 21.5. The van der Waals surface area contributed by atoms with Gasteiger partial charge in [0, 0.05) is 5.56 Å². The Balaban J connectivity index is 1.70. The lowest BCUT2D eigenvalue weighted by Gasteiger charge is -2.37. The molecule has 1 saturated carbocycles. The molecule has 0 saturated heterocycles. The van der Waals surface area contributed by atoms with Crippen LogP contribution >= 0.6 is 0 Å². The van der Waals surface area contributed by atoms with Gasteiger partial charge in [0.15, 0.2) is 11.5 Å². The molecule has 0 amide bonds. The van der Waals surface area contributed by atoms with Gasteiger partial charge in [-0.3, -0.25) is 0 Å². The molecule has 1 aliphatic rings. The predicted octanol–water partition coefficient (Wildman–Crippen LogP) is 5.79. The fraction of sp³-hybridized carbons (Fsp3) is 0.538. The van der Waals surface area contributed by atoms with Crippen molar-refractivity contribution in [1.29, 1.82) is 0 Å². The van der Waals surface area contributed by atoms with Gasteiger partial charge in [0.05, 0.1) is 19.8 Å². The highest BCUT2D eigenvalue weighted by atomic mass is 16.5. The summed E-state index contributed by atoms with van der Waals surface area (Å²) in [6, 6.07) is 15.6. The van der Waals surface area contributed by atoms with Crippen LogP contribution in [0.3, 0.4) is 0 Å². The smallest absolute Gasteiger partial charge is 0.167 e. The Hall–Kier alpha value is -2.04. The van der Waals surface area contributed by atoms with Crippen molar-refractivity contribution >= 4 is 0 Å². The molecule has 3 rings (SSSR count). The fourth-order valence-electron chi connectivity index (χ4n) is 4.45. The molecule has 0 aliphatic heterocycles. The molecule has 0 bridgehead atoms. The van der Waals surface area contributed by atoms with E-state index in [9.17, 15) is 5.11 Å². The van der Waals surface area contributed by atoms with Crippen molar-refractivity contribution in [3.8, 4) is 11.5 Å². The normalized spacial score (nSPS) is 22.7. The molecule has 2 aromatic rings. The van der Waals surface area contributed by atoms with Gasteiger partial charge in [-0.05, 0) is 42.2 Å². The van der Waals surface area contributed by atoms with Crippen LogP contribution in [0.2, 0.25) is 0 Å². The van der Waals surface area contributed by atoms with Gasteiger partial charge < -0.3 is 19.3 Å². The molecule has 1 aliphatic carbocycles. The van der Waals surface area contributed by atoms with Crippen LogP contribution in [-0.2, 0) is 11.3 Å². The lowest BCUT2D eigenvalue weighted by Crippen LogP contribution is -2.35. The molecule has 4 nitrogen and oxygen atoms in total. The average molecular weight is 413 g/mol. The fourth-order valence-corrected chi connectivity index (χ4v) is 4.45. The SMILES string of the molecule is COc1cccc(C(O)CO[C@@H]2C[C@H](C)CC[C@H]2C(C)C)c1OCc1ccccc1. The van der Waals surface area contributed by atoms with Gasteiger partial charge in [0.1, 0.15) is 12.7 Å². The van der Waals surface area contributed by atoms with Gasteiger partial charge in [0.25, 0.3) is 0 Å². The number of aliphatic hydroxyl groups is 1. The summed E-state index contributed by atoms with van der Waals surface area (Å²) in [5.74, 6) is 3.00. The van der Waals surface area contributed by atoms with E-state index in [0.29, 0.717) is 41.4 Å². The van der Waals surface area contributed by atoms with E-state index < -0.39 is 6.10 Å². The largest absolute Gasteiger partial charge is 0.493 e. The minimum Gasteiger partial charge on any atom is -0.493 e. The van der Waals surface area contributed by atoms with Crippen molar-refractivity contribution < 1.29 is 19.3 Å². The zero-order valence-corrected chi connectivity index (χ0v) is 18.7. The number of rotatable bonds is 9. The summed E-state index contributed by atoms with van der Waals surface area (Å²) >= 11 is 0. The summed E-state index contributed by atoms with van der Waals surface area (Å²) in [4.78, 5) is 0. The molecule has 30 heavy (non-hydrogen) atoms. The first-order valence-electron chi connectivity index (χ1n) is 11.1. The van der Waals surface area contributed by atoms with Gasteiger partial charge in [-0.1, -0.05) is 69.7 Å². The molecule has 0 heterocycles. The quantitative estimate of drug-likeness (QED) is 0.567.